The van der Waals surface area contributed by atoms with Crippen LogP contribution in [0.4, 0.5) is 0 Å². The molecule has 6 heteroatoms. The Morgan fingerprint density at radius 2 is 1.96 bits per heavy atom. The van der Waals surface area contributed by atoms with Crippen LogP contribution >= 0.6 is 0 Å². The van der Waals surface area contributed by atoms with Crippen molar-refractivity contribution >= 4 is 16.1 Å². The average Bonchev–Trinajstić information content (AvgIpc) is 3.03. The van der Waals surface area contributed by atoms with Gasteiger partial charge in [-0.25, -0.2) is 13.4 Å². The van der Waals surface area contributed by atoms with E-state index in [1.54, 1.807) is 12.1 Å². The van der Waals surface area contributed by atoms with Gasteiger partial charge in [0, 0.05) is 23.7 Å². The van der Waals surface area contributed by atoms with Gasteiger partial charge in [0.15, 0.2) is 0 Å². The molecule has 1 aromatic heterocycles. The number of ether oxygens (including phenoxy) is 1. The lowest BCUT2D eigenvalue weighted by Crippen LogP contribution is -2.29. The third-order valence-electron chi connectivity index (χ3n) is 3.85. The molecule has 126 valence electrons. The molecule has 5 nitrogen and oxygen atoms in total. The Morgan fingerprint density at radius 3 is 2.71 bits per heavy atom. The average molecular weight is 344 g/mol. The summed E-state index contributed by atoms with van der Waals surface area (Å²) in [6, 6.07) is 14.9. The van der Waals surface area contributed by atoms with E-state index in [-0.39, 0.29) is 6.10 Å². The number of rotatable bonds is 5. The molecule has 1 aromatic carbocycles. The van der Waals surface area contributed by atoms with Crippen LogP contribution in [-0.4, -0.2) is 36.9 Å². The standard InChI is InChI=1S/C18H20N2O3S/c1-15-6-5-9-18(19-15)23-17-10-12-20(14-17)24(21,22)13-11-16-7-3-2-4-8-16/h2-9,11,13,17H,10,12,14H2,1H3/b13-11+/t17-/m0/s1. The van der Waals surface area contributed by atoms with Crippen molar-refractivity contribution < 1.29 is 13.2 Å². The Balaban J connectivity index is 1.63. The van der Waals surface area contributed by atoms with Crippen LogP contribution < -0.4 is 4.74 Å². The van der Waals surface area contributed by atoms with E-state index in [1.165, 1.54) is 9.71 Å². The molecule has 1 fully saturated rings. The Labute approximate surface area is 142 Å². The van der Waals surface area contributed by atoms with Gasteiger partial charge in [-0.3, -0.25) is 0 Å². The fourth-order valence-corrected chi connectivity index (χ4v) is 3.83. The number of hydrogen-bond acceptors (Lipinski definition) is 4. The summed E-state index contributed by atoms with van der Waals surface area (Å²) in [6.45, 7) is 2.70. The van der Waals surface area contributed by atoms with Gasteiger partial charge in [0.05, 0.1) is 6.54 Å². The summed E-state index contributed by atoms with van der Waals surface area (Å²) in [5, 5.41) is 1.26. The summed E-state index contributed by atoms with van der Waals surface area (Å²) in [6.07, 6.45) is 2.11. The zero-order valence-corrected chi connectivity index (χ0v) is 14.3. The number of hydrogen-bond donors (Lipinski definition) is 0. The molecule has 1 atom stereocenters. The normalized spacial score (nSPS) is 19.0. The first kappa shape index (κ1) is 16.7. The summed E-state index contributed by atoms with van der Waals surface area (Å²) in [4.78, 5) is 4.30. The van der Waals surface area contributed by atoms with E-state index in [2.05, 4.69) is 4.98 Å². The first-order valence-electron chi connectivity index (χ1n) is 7.86. The van der Waals surface area contributed by atoms with E-state index in [0.29, 0.717) is 25.4 Å². The van der Waals surface area contributed by atoms with Crippen LogP contribution in [0.25, 0.3) is 6.08 Å². The molecule has 0 radical (unpaired) electrons. The van der Waals surface area contributed by atoms with Crippen LogP contribution in [0.1, 0.15) is 17.7 Å². The van der Waals surface area contributed by atoms with Crippen LogP contribution in [0, 0.1) is 6.92 Å². The first-order chi connectivity index (χ1) is 11.5. The molecule has 1 aliphatic heterocycles. The summed E-state index contributed by atoms with van der Waals surface area (Å²) in [5.41, 5.74) is 1.73. The second-order valence-corrected chi connectivity index (χ2v) is 7.58. The van der Waals surface area contributed by atoms with E-state index in [0.717, 1.165) is 11.3 Å². The highest BCUT2D eigenvalue weighted by atomic mass is 32.2. The topological polar surface area (TPSA) is 59.5 Å². The minimum atomic E-state index is -3.44. The van der Waals surface area contributed by atoms with E-state index >= 15 is 0 Å². The maximum Gasteiger partial charge on any atom is 0.236 e. The number of aromatic nitrogens is 1. The zero-order valence-electron chi connectivity index (χ0n) is 13.5. The van der Waals surface area contributed by atoms with Gasteiger partial charge in [-0.1, -0.05) is 36.4 Å². The van der Waals surface area contributed by atoms with Crippen molar-refractivity contribution in [1.29, 1.82) is 0 Å². The summed E-state index contributed by atoms with van der Waals surface area (Å²) in [5.74, 6) is 0.541. The molecule has 0 saturated carbocycles. The highest BCUT2D eigenvalue weighted by molar-refractivity contribution is 7.92. The fourth-order valence-electron chi connectivity index (χ4n) is 2.59. The monoisotopic (exact) mass is 344 g/mol. The second kappa shape index (κ2) is 7.15. The molecule has 0 bridgehead atoms. The maximum atomic E-state index is 12.4. The number of aryl methyl sites for hydroxylation is 1. The molecule has 1 aliphatic rings. The smallest absolute Gasteiger partial charge is 0.236 e. The Hall–Kier alpha value is -2.18. The van der Waals surface area contributed by atoms with Crippen molar-refractivity contribution in [1.82, 2.24) is 9.29 Å². The van der Waals surface area contributed by atoms with E-state index < -0.39 is 10.0 Å². The predicted molar refractivity (Wildman–Crippen MR) is 94.0 cm³/mol. The van der Waals surface area contributed by atoms with Crippen molar-refractivity contribution in [3.8, 4) is 5.88 Å². The van der Waals surface area contributed by atoms with Crippen LogP contribution in [0.3, 0.4) is 0 Å². The first-order valence-corrected chi connectivity index (χ1v) is 9.37. The van der Waals surface area contributed by atoms with Crippen molar-refractivity contribution in [3.05, 3.63) is 65.2 Å². The number of benzene rings is 1. The SMILES string of the molecule is Cc1cccc(O[C@H]2CCN(S(=O)(=O)/C=C/c3ccccc3)C2)n1. The van der Waals surface area contributed by atoms with Gasteiger partial charge in [-0.15, -0.1) is 0 Å². The van der Waals surface area contributed by atoms with Crippen LogP contribution in [0.2, 0.25) is 0 Å². The molecule has 0 unspecified atom stereocenters. The van der Waals surface area contributed by atoms with Gasteiger partial charge in [-0.05, 0) is 31.1 Å². The van der Waals surface area contributed by atoms with Crippen molar-refractivity contribution in [2.75, 3.05) is 13.1 Å². The molecular formula is C18H20N2O3S. The van der Waals surface area contributed by atoms with Gasteiger partial charge in [0.1, 0.15) is 6.10 Å². The minimum absolute atomic E-state index is 0.167. The van der Waals surface area contributed by atoms with Gasteiger partial charge in [0.25, 0.3) is 0 Å². The van der Waals surface area contributed by atoms with Crippen molar-refractivity contribution in [3.63, 3.8) is 0 Å². The third kappa shape index (κ3) is 4.21. The molecule has 0 amide bonds. The lowest BCUT2D eigenvalue weighted by molar-refractivity contribution is 0.207. The Morgan fingerprint density at radius 1 is 1.17 bits per heavy atom. The number of sulfonamides is 1. The lowest BCUT2D eigenvalue weighted by atomic mass is 10.2. The molecule has 0 spiro atoms. The van der Waals surface area contributed by atoms with Gasteiger partial charge < -0.3 is 4.74 Å². The second-order valence-electron chi connectivity index (χ2n) is 5.76. The van der Waals surface area contributed by atoms with Crippen molar-refractivity contribution in [2.45, 2.75) is 19.4 Å². The highest BCUT2D eigenvalue weighted by Gasteiger charge is 2.31. The van der Waals surface area contributed by atoms with E-state index in [1.807, 2.05) is 49.4 Å². The molecule has 0 aliphatic carbocycles. The molecule has 2 aromatic rings. The Kier molecular flexibility index (Phi) is 4.97. The molecule has 0 N–H and O–H groups in total. The van der Waals surface area contributed by atoms with Crippen LogP contribution in [0.15, 0.2) is 53.9 Å². The fraction of sp³-hybridized carbons (Fsp3) is 0.278. The lowest BCUT2D eigenvalue weighted by Gasteiger charge is -2.15. The quantitative estimate of drug-likeness (QED) is 0.837. The highest BCUT2D eigenvalue weighted by Crippen LogP contribution is 2.20. The summed E-state index contributed by atoms with van der Waals surface area (Å²) in [7, 11) is -3.44. The Bertz CT molecular complexity index is 819. The molecule has 24 heavy (non-hydrogen) atoms. The summed E-state index contributed by atoms with van der Waals surface area (Å²) >= 11 is 0. The van der Waals surface area contributed by atoms with E-state index in [4.69, 9.17) is 4.74 Å². The molecule has 2 heterocycles. The van der Waals surface area contributed by atoms with Crippen molar-refractivity contribution in [2.24, 2.45) is 0 Å². The molecule has 3 rings (SSSR count). The van der Waals surface area contributed by atoms with Gasteiger partial charge >= 0.3 is 0 Å². The molecular weight excluding hydrogens is 324 g/mol. The number of nitrogens with zero attached hydrogens (tertiary/aromatic N) is 2. The number of pyridine rings is 1. The van der Waals surface area contributed by atoms with Gasteiger partial charge in [0.2, 0.25) is 15.9 Å². The minimum Gasteiger partial charge on any atom is -0.473 e. The van der Waals surface area contributed by atoms with E-state index in [9.17, 15) is 8.42 Å². The zero-order chi connectivity index (χ0) is 17.0. The third-order valence-corrected chi connectivity index (χ3v) is 5.38. The largest absolute Gasteiger partial charge is 0.473 e. The predicted octanol–water partition coefficient (Wildman–Crippen LogP) is 2.84. The molecule has 1 saturated heterocycles. The summed E-state index contributed by atoms with van der Waals surface area (Å²) < 4.78 is 32.1. The van der Waals surface area contributed by atoms with Crippen LogP contribution in [0.5, 0.6) is 5.88 Å². The van der Waals surface area contributed by atoms with Crippen LogP contribution in [-0.2, 0) is 10.0 Å². The maximum absolute atomic E-state index is 12.4. The van der Waals surface area contributed by atoms with Gasteiger partial charge in [-0.2, -0.15) is 4.31 Å².